The predicted octanol–water partition coefficient (Wildman–Crippen LogP) is 5.57. The van der Waals surface area contributed by atoms with E-state index in [1.807, 2.05) is 42.5 Å². The van der Waals surface area contributed by atoms with Crippen LogP contribution in [0.1, 0.15) is 47.9 Å². The van der Waals surface area contributed by atoms with Crippen molar-refractivity contribution in [3.8, 4) is 5.75 Å². The van der Waals surface area contributed by atoms with Gasteiger partial charge in [-0.2, -0.15) is 0 Å². The first kappa shape index (κ1) is 38.6. The maximum atomic E-state index is 13.2. The number of esters is 3. The van der Waals surface area contributed by atoms with Crippen LogP contribution < -0.4 is 15.4 Å². The van der Waals surface area contributed by atoms with Gasteiger partial charge < -0.3 is 34.3 Å². The summed E-state index contributed by atoms with van der Waals surface area (Å²) in [4.78, 5) is 64.8. The lowest BCUT2D eigenvalue weighted by molar-refractivity contribution is -0.151. The highest BCUT2D eigenvalue weighted by molar-refractivity contribution is 5.86. The molecule has 0 spiro atoms. The number of hydrogen-bond acceptors (Lipinski definition) is 10. The Kier molecular flexibility index (Phi) is 15.7. The highest BCUT2D eigenvalue weighted by atomic mass is 16.6. The molecule has 0 saturated carbocycles. The molecule has 0 fully saturated rings. The summed E-state index contributed by atoms with van der Waals surface area (Å²) in [5.41, 5.74) is 2.96. The molecule has 0 aliphatic heterocycles. The van der Waals surface area contributed by atoms with E-state index in [9.17, 15) is 24.0 Å². The lowest BCUT2D eigenvalue weighted by Crippen LogP contribution is -2.45. The molecule has 12 heteroatoms. The van der Waals surface area contributed by atoms with E-state index in [1.165, 1.54) is 7.11 Å². The molecule has 2 atom stereocenters. The number of benzene rings is 4. The van der Waals surface area contributed by atoms with Crippen LogP contribution in [0.25, 0.3) is 0 Å². The zero-order valence-corrected chi connectivity index (χ0v) is 28.9. The van der Waals surface area contributed by atoms with Crippen LogP contribution in [-0.4, -0.2) is 49.1 Å². The van der Waals surface area contributed by atoms with Crippen LogP contribution in [-0.2, 0) is 64.6 Å². The van der Waals surface area contributed by atoms with Crippen molar-refractivity contribution in [2.75, 3.05) is 7.11 Å². The first-order valence-electron chi connectivity index (χ1n) is 16.8. The van der Waals surface area contributed by atoms with Gasteiger partial charge in [0.05, 0.1) is 7.11 Å². The van der Waals surface area contributed by atoms with Crippen molar-refractivity contribution in [1.29, 1.82) is 0 Å². The molecule has 0 aliphatic carbocycles. The Morgan fingerprint density at radius 3 is 1.42 bits per heavy atom. The van der Waals surface area contributed by atoms with Crippen LogP contribution >= 0.6 is 0 Å². The Morgan fingerprint density at radius 1 is 0.500 bits per heavy atom. The predicted molar refractivity (Wildman–Crippen MR) is 189 cm³/mol. The van der Waals surface area contributed by atoms with Crippen LogP contribution in [0.15, 0.2) is 115 Å². The first-order valence-corrected chi connectivity index (χ1v) is 16.8. The van der Waals surface area contributed by atoms with Gasteiger partial charge in [-0.25, -0.2) is 14.4 Å². The third-order valence-corrected chi connectivity index (χ3v) is 7.71. The number of amides is 2. The molecule has 0 saturated heterocycles. The van der Waals surface area contributed by atoms with E-state index >= 15 is 0 Å². The summed E-state index contributed by atoms with van der Waals surface area (Å²) in [6.45, 7) is -0.113. The summed E-state index contributed by atoms with van der Waals surface area (Å²) in [6.07, 6.45) is -1.62. The summed E-state index contributed by atoms with van der Waals surface area (Å²) >= 11 is 0. The van der Waals surface area contributed by atoms with E-state index in [4.69, 9.17) is 23.7 Å². The van der Waals surface area contributed by atoms with Gasteiger partial charge in [0.25, 0.3) is 0 Å². The minimum atomic E-state index is -1.26. The van der Waals surface area contributed by atoms with Gasteiger partial charge in [0.15, 0.2) is 0 Å². The Hall–Kier alpha value is -6.17. The Labute approximate surface area is 302 Å². The van der Waals surface area contributed by atoms with E-state index < -0.39 is 42.0 Å². The van der Waals surface area contributed by atoms with Gasteiger partial charge in [0.2, 0.25) is 5.91 Å². The molecule has 0 bridgehead atoms. The molecular formula is C40H42N2O10. The molecule has 2 N–H and O–H groups in total. The SMILES string of the molecule is COc1ccc(COC(=O)N[C@@H](CCC(=O)N[C@@H](CCC(=O)OCc2ccccc2)C(=O)OCc2ccccc2)C(=O)OCc2ccccc2)cc1. The van der Waals surface area contributed by atoms with E-state index in [0.29, 0.717) is 11.3 Å². The maximum absolute atomic E-state index is 13.2. The standard InChI is InChI=1S/C40H42N2O10/c1-48-33-19-17-32(18-20-33)28-52-40(47)42-35(39(46)51-27-31-15-9-4-10-16-31)21-23-36(43)41-34(38(45)50-26-30-13-7-3-8-14-30)22-24-37(44)49-25-29-11-5-2-6-12-29/h2-20,34-35H,21-28H2,1H3,(H,41,43)(H,42,47)/t34-,35-/m0/s1. The number of nitrogens with one attached hydrogen (secondary N) is 2. The highest BCUT2D eigenvalue weighted by Crippen LogP contribution is 2.13. The van der Waals surface area contributed by atoms with E-state index in [0.717, 1.165) is 16.7 Å². The fourth-order valence-corrected chi connectivity index (χ4v) is 4.83. The van der Waals surface area contributed by atoms with E-state index in [-0.39, 0.29) is 52.1 Å². The maximum Gasteiger partial charge on any atom is 0.408 e. The molecule has 0 heterocycles. The number of hydrogen-bond donors (Lipinski definition) is 2. The van der Waals surface area contributed by atoms with Crippen molar-refractivity contribution in [2.24, 2.45) is 0 Å². The van der Waals surface area contributed by atoms with Crippen molar-refractivity contribution in [3.05, 3.63) is 138 Å². The second kappa shape index (κ2) is 21.1. The van der Waals surface area contributed by atoms with Crippen molar-refractivity contribution in [2.45, 2.75) is 64.2 Å². The van der Waals surface area contributed by atoms with Gasteiger partial charge in [-0.3, -0.25) is 9.59 Å². The molecule has 12 nitrogen and oxygen atoms in total. The zero-order valence-electron chi connectivity index (χ0n) is 28.9. The number of rotatable bonds is 19. The third kappa shape index (κ3) is 14.0. The van der Waals surface area contributed by atoms with Crippen LogP contribution in [0.2, 0.25) is 0 Å². The van der Waals surface area contributed by atoms with Crippen molar-refractivity contribution >= 4 is 29.9 Å². The Balaban J connectivity index is 1.36. The fraction of sp³-hybridized carbons (Fsp3) is 0.275. The second-order valence-electron chi connectivity index (χ2n) is 11.7. The van der Waals surface area contributed by atoms with Crippen LogP contribution in [0.4, 0.5) is 4.79 Å². The van der Waals surface area contributed by atoms with E-state index in [1.54, 1.807) is 72.8 Å². The zero-order chi connectivity index (χ0) is 37.0. The number of alkyl carbamates (subject to hydrolysis) is 1. The van der Waals surface area contributed by atoms with Gasteiger partial charge in [0.1, 0.15) is 44.3 Å². The minimum Gasteiger partial charge on any atom is -0.497 e. The summed E-state index contributed by atoms with van der Waals surface area (Å²) in [6, 6.07) is 31.6. The lowest BCUT2D eigenvalue weighted by Gasteiger charge is -2.20. The number of carbonyl (C=O) groups excluding carboxylic acids is 5. The summed E-state index contributed by atoms with van der Waals surface area (Å²) in [5, 5.41) is 5.11. The van der Waals surface area contributed by atoms with Gasteiger partial charge in [-0.1, -0.05) is 103 Å². The largest absolute Gasteiger partial charge is 0.497 e. The van der Waals surface area contributed by atoms with Crippen LogP contribution in [0.3, 0.4) is 0 Å². The van der Waals surface area contributed by atoms with Gasteiger partial charge in [-0.15, -0.1) is 0 Å². The molecule has 4 aromatic carbocycles. The van der Waals surface area contributed by atoms with Gasteiger partial charge in [-0.05, 0) is 47.2 Å². The molecule has 0 aliphatic rings. The molecule has 2 amide bonds. The van der Waals surface area contributed by atoms with Crippen molar-refractivity contribution in [1.82, 2.24) is 10.6 Å². The molecule has 0 radical (unpaired) electrons. The summed E-state index contributed by atoms with van der Waals surface area (Å²) < 4.78 is 26.7. The average molecular weight is 711 g/mol. The fourth-order valence-electron chi connectivity index (χ4n) is 4.83. The Morgan fingerprint density at radius 2 is 0.923 bits per heavy atom. The molecule has 0 aromatic heterocycles. The summed E-state index contributed by atoms with van der Waals surface area (Å²) in [7, 11) is 1.54. The normalized spacial score (nSPS) is 11.6. The number of methoxy groups -OCH3 is 1. The topological polar surface area (TPSA) is 156 Å². The monoisotopic (exact) mass is 710 g/mol. The Bertz CT molecular complexity index is 1720. The van der Waals surface area contributed by atoms with Crippen molar-refractivity contribution in [3.63, 3.8) is 0 Å². The number of carbonyl (C=O) groups is 5. The second-order valence-corrected chi connectivity index (χ2v) is 11.7. The smallest absolute Gasteiger partial charge is 0.408 e. The highest BCUT2D eigenvalue weighted by Gasteiger charge is 2.27. The average Bonchev–Trinajstić information content (AvgIpc) is 3.18. The molecule has 4 aromatic rings. The molecule has 272 valence electrons. The minimum absolute atomic E-state index is 0.0393. The molecular weight excluding hydrogens is 668 g/mol. The summed E-state index contributed by atoms with van der Waals surface area (Å²) in [5.74, 6) is -2.06. The van der Waals surface area contributed by atoms with E-state index in [2.05, 4.69) is 10.6 Å². The van der Waals surface area contributed by atoms with Crippen LogP contribution in [0.5, 0.6) is 5.75 Å². The lowest BCUT2D eigenvalue weighted by atomic mass is 10.1. The molecule has 4 rings (SSSR count). The third-order valence-electron chi connectivity index (χ3n) is 7.71. The van der Waals surface area contributed by atoms with Crippen LogP contribution in [0, 0.1) is 0 Å². The first-order chi connectivity index (χ1) is 25.3. The van der Waals surface area contributed by atoms with Crippen molar-refractivity contribution < 1.29 is 47.7 Å². The molecule has 0 unspecified atom stereocenters. The quantitative estimate of drug-likeness (QED) is 0.0933. The number of ether oxygens (including phenoxy) is 5. The molecule has 52 heavy (non-hydrogen) atoms. The van der Waals surface area contributed by atoms with Gasteiger partial charge in [0, 0.05) is 12.8 Å². The van der Waals surface area contributed by atoms with Gasteiger partial charge >= 0.3 is 24.0 Å².